The Morgan fingerprint density at radius 2 is 2.05 bits per heavy atom. The largest absolute Gasteiger partial charge is 0.347 e. The van der Waals surface area contributed by atoms with Crippen molar-refractivity contribution in [2.75, 3.05) is 33.7 Å². The van der Waals surface area contributed by atoms with Crippen molar-refractivity contribution in [2.24, 2.45) is 0 Å². The minimum Gasteiger partial charge on any atom is -0.347 e. The Labute approximate surface area is 121 Å². The molecule has 1 fully saturated rings. The van der Waals surface area contributed by atoms with Gasteiger partial charge in [-0.25, -0.2) is 8.78 Å². The molecule has 21 heavy (non-hydrogen) atoms. The van der Waals surface area contributed by atoms with E-state index in [1.54, 1.807) is 14.1 Å². The predicted octanol–water partition coefficient (Wildman–Crippen LogP) is 0.467. The molecular formula is C14H17F2N3O2. The van der Waals surface area contributed by atoms with Gasteiger partial charge < -0.3 is 15.1 Å². The molecule has 0 spiro atoms. The number of halogens is 2. The van der Waals surface area contributed by atoms with Gasteiger partial charge in [-0.15, -0.1) is 0 Å². The average Bonchev–Trinajstić information content (AvgIpc) is 2.48. The Balaban J connectivity index is 2.31. The van der Waals surface area contributed by atoms with Crippen LogP contribution < -0.4 is 5.32 Å². The first kappa shape index (κ1) is 15.4. The third-order valence-electron chi connectivity index (χ3n) is 3.41. The summed E-state index contributed by atoms with van der Waals surface area (Å²) < 4.78 is 27.0. The minimum absolute atomic E-state index is 0.257. The predicted molar refractivity (Wildman–Crippen MR) is 72.7 cm³/mol. The van der Waals surface area contributed by atoms with Gasteiger partial charge in [0.25, 0.3) is 5.91 Å². The zero-order valence-electron chi connectivity index (χ0n) is 11.9. The first-order valence-electron chi connectivity index (χ1n) is 6.60. The molecule has 5 nitrogen and oxygen atoms in total. The van der Waals surface area contributed by atoms with Crippen molar-refractivity contribution < 1.29 is 18.4 Å². The molecule has 1 aliphatic rings. The molecule has 0 bridgehead atoms. The van der Waals surface area contributed by atoms with Crippen molar-refractivity contribution in [1.29, 1.82) is 0 Å². The molecule has 1 atom stereocenters. The van der Waals surface area contributed by atoms with E-state index in [-0.39, 0.29) is 18.0 Å². The highest BCUT2D eigenvalue weighted by atomic mass is 19.2. The number of rotatable bonds is 2. The molecule has 1 aromatic carbocycles. The van der Waals surface area contributed by atoms with Crippen LogP contribution in [0.15, 0.2) is 18.2 Å². The average molecular weight is 297 g/mol. The second kappa shape index (κ2) is 6.17. The van der Waals surface area contributed by atoms with E-state index in [9.17, 15) is 18.4 Å². The monoisotopic (exact) mass is 297 g/mol. The van der Waals surface area contributed by atoms with E-state index in [2.05, 4.69) is 5.32 Å². The van der Waals surface area contributed by atoms with Gasteiger partial charge in [0.15, 0.2) is 11.6 Å². The number of carbonyl (C=O) groups excluding carboxylic acids is 2. The zero-order valence-corrected chi connectivity index (χ0v) is 11.9. The molecule has 1 heterocycles. The van der Waals surface area contributed by atoms with Gasteiger partial charge in [-0.2, -0.15) is 0 Å². The SMILES string of the molecule is CN(C)C(=O)C1CNCCN1C(=O)c1cccc(F)c1F. The molecule has 1 aromatic rings. The number of carbonyl (C=O) groups is 2. The van der Waals surface area contributed by atoms with Crippen molar-refractivity contribution >= 4 is 11.8 Å². The maximum absolute atomic E-state index is 13.8. The van der Waals surface area contributed by atoms with Crippen molar-refractivity contribution in [3.8, 4) is 0 Å². The van der Waals surface area contributed by atoms with Crippen LogP contribution in [-0.2, 0) is 4.79 Å². The summed E-state index contributed by atoms with van der Waals surface area (Å²) in [5.74, 6) is -3.19. The smallest absolute Gasteiger partial charge is 0.257 e. The number of piperazine rings is 1. The lowest BCUT2D eigenvalue weighted by atomic mass is 10.1. The Hall–Kier alpha value is -2.02. The summed E-state index contributed by atoms with van der Waals surface area (Å²) in [7, 11) is 3.17. The van der Waals surface area contributed by atoms with Crippen LogP contribution in [0, 0.1) is 11.6 Å². The normalized spacial score (nSPS) is 18.5. The molecule has 2 rings (SSSR count). The maximum Gasteiger partial charge on any atom is 0.257 e. The summed E-state index contributed by atoms with van der Waals surface area (Å²) in [6.07, 6.45) is 0. The first-order chi connectivity index (χ1) is 9.93. The molecule has 1 N–H and O–H groups in total. The molecular weight excluding hydrogens is 280 g/mol. The number of likely N-dealkylation sites (N-methyl/N-ethyl adjacent to an activating group) is 1. The Morgan fingerprint density at radius 3 is 2.71 bits per heavy atom. The van der Waals surface area contributed by atoms with Gasteiger partial charge in [0.2, 0.25) is 5.91 Å². The lowest BCUT2D eigenvalue weighted by Crippen LogP contribution is -2.59. The maximum atomic E-state index is 13.8. The number of benzene rings is 1. The zero-order chi connectivity index (χ0) is 15.6. The summed E-state index contributed by atoms with van der Waals surface area (Å²) >= 11 is 0. The summed E-state index contributed by atoms with van der Waals surface area (Å²) in [4.78, 5) is 27.2. The van der Waals surface area contributed by atoms with Crippen LogP contribution in [0.1, 0.15) is 10.4 Å². The van der Waals surface area contributed by atoms with Gasteiger partial charge in [0, 0.05) is 33.7 Å². The number of amides is 2. The second-order valence-electron chi connectivity index (χ2n) is 5.05. The van der Waals surface area contributed by atoms with E-state index < -0.39 is 23.6 Å². The molecule has 0 aliphatic carbocycles. The standard InChI is InChI=1S/C14H17F2N3O2/c1-18(2)14(21)11-8-17-6-7-19(11)13(20)9-4-3-5-10(15)12(9)16/h3-5,11,17H,6-8H2,1-2H3. The minimum atomic E-state index is -1.18. The summed E-state index contributed by atoms with van der Waals surface area (Å²) in [5, 5.41) is 3.02. The quantitative estimate of drug-likeness (QED) is 0.863. The number of hydrogen-bond acceptors (Lipinski definition) is 3. The molecule has 0 radical (unpaired) electrons. The van der Waals surface area contributed by atoms with Crippen LogP contribution in [0.5, 0.6) is 0 Å². The molecule has 0 saturated carbocycles. The molecule has 1 saturated heterocycles. The van der Waals surface area contributed by atoms with E-state index in [0.717, 1.165) is 6.07 Å². The fourth-order valence-corrected chi connectivity index (χ4v) is 2.29. The summed E-state index contributed by atoms with van der Waals surface area (Å²) in [6, 6.07) is 2.73. The van der Waals surface area contributed by atoms with Crippen molar-refractivity contribution in [1.82, 2.24) is 15.1 Å². The molecule has 1 unspecified atom stereocenters. The van der Waals surface area contributed by atoms with Gasteiger partial charge in [-0.05, 0) is 12.1 Å². The Morgan fingerprint density at radius 1 is 1.33 bits per heavy atom. The van der Waals surface area contributed by atoms with Gasteiger partial charge >= 0.3 is 0 Å². The van der Waals surface area contributed by atoms with Crippen molar-refractivity contribution in [3.05, 3.63) is 35.4 Å². The molecule has 114 valence electrons. The second-order valence-corrected chi connectivity index (χ2v) is 5.05. The molecule has 2 amide bonds. The van der Waals surface area contributed by atoms with Gasteiger partial charge in [0.1, 0.15) is 6.04 Å². The lowest BCUT2D eigenvalue weighted by molar-refractivity contribution is -0.134. The topological polar surface area (TPSA) is 52.7 Å². The van der Waals surface area contributed by atoms with E-state index in [0.29, 0.717) is 13.1 Å². The van der Waals surface area contributed by atoms with Crippen LogP contribution in [0.4, 0.5) is 8.78 Å². The summed E-state index contributed by atoms with van der Waals surface area (Å²) in [6.45, 7) is 1.05. The Kier molecular flexibility index (Phi) is 4.52. The lowest BCUT2D eigenvalue weighted by Gasteiger charge is -2.36. The van der Waals surface area contributed by atoms with Gasteiger partial charge in [-0.1, -0.05) is 6.07 Å². The third kappa shape index (κ3) is 3.02. The van der Waals surface area contributed by atoms with E-state index in [1.165, 1.54) is 21.9 Å². The van der Waals surface area contributed by atoms with Gasteiger partial charge in [0.05, 0.1) is 5.56 Å². The highest BCUT2D eigenvalue weighted by Crippen LogP contribution is 2.17. The fourth-order valence-electron chi connectivity index (χ4n) is 2.29. The van der Waals surface area contributed by atoms with Crippen molar-refractivity contribution in [3.63, 3.8) is 0 Å². The van der Waals surface area contributed by atoms with Gasteiger partial charge in [-0.3, -0.25) is 9.59 Å². The number of nitrogens with one attached hydrogen (secondary N) is 1. The van der Waals surface area contributed by atoms with Crippen molar-refractivity contribution in [2.45, 2.75) is 6.04 Å². The third-order valence-corrected chi connectivity index (χ3v) is 3.41. The van der Waals surface area contributed by atoms with E-state index in [1.807, 2.05) is 0 Å². The first-order valence-corrected chi connectivity index (χ1v) is 6.60. The highest BCUT2D eigenvalue weighted by Gasteiger charge is 2.34. The van der Waals surface area contributed by atoms with Crippen LogP contribution in [0.2, 0.25) is 0 Å². The molecule has 7 heteroatoms. The number of hydrogen-bond donors (Lipinski definition) is 1. The molecule has 1 aliphatic heterocycles. The Bertz CT molecular complexity index is 563. The van der Waals surface area contributed by atoms with E-state index in [4.69, 9.17) is 0 Å². The van der Waals surface area contributed by atoms with Crippen LogP contribution in [0.25, 0.3) is 0 Å². The summed E-state index contributed by atoms with van der Waals surface area (Å²) in [5.41, 5.74) is -0.353. The van der Waals surface area contributed by atoms with Crippen LogP contribution in [0.3, 0.4) is 0 Å². The molecule has 0 aromatic heterocycles. The van der Waals surface area contributed by atoms with E-state index >= 15 is 0 Å². The number of nitrogens with zero attached hydrogens (tertiary/aromatic N) is 2. The fraction of sp³-hybridized carbons (Fsp3) is 0.429. The van der Waals surface area contributed by atoms with Crippen LogP contribution >= 0.6 is 0 Å². The van der Waals surface area contributed by atoms with Crippen LogP contribution in [-0.4, -0.2) is 61.4 Å². The highest BCUT2D eigenvalue weighted by molar-refractivity contribution is 5.98.